The Kier molecular flexibility index (Phi) is 6.53. The van der Waals surface area contributed by atoms with Crippen LogP contribution in [0, 0.1) is 0 Å². The van der Waals surface area contributed by atoms with Crippen LogP contribution in [0.15, 0.2) is 0 Å². The van der Waals surface area contributed by atoms with Crippen LogP contribution in [0.5, 0.6) is 0 Å². The lowest BCUT2D eigenvalue weighted by molar-refractivity contribution is -0.0327. The van der Waals surface area contributed by atoms with Crippen molar-refractivity contribution in [3.8, 4) is 0 Å². The summed E-state index contributed by atoms with van der Waals surface area (Å²) < 4.78 is 34.9. The van der Waals surface area contributed by atoms with E-state index in [1.54, 1.807) is 0 Å². The van der Waals surface area contributed by atoms with Gasteiger partial charge in [-0.25, -0.2) is 0 Å². The number of alkyl halides is 3. The molecule has 0 rings (SSSR count). The van der Waals surface area contributed by atoms with Gasteiger partial charge >= 0.3 is 5.51 Å². The zero-order valence-electron chi connectivity index (χ0n) is 7.82. The molecule has 0 aromatic rings. The van der Waals surface area contributed by atoms with Crippen molar-refractivity contribution in [1.29, 1.82) is 0 Å². The van der Waals surface area contributed by atoms with E-state index in [2.05, 4.69) is 5.32 Å². The van der Waals surface area contributed by atoms with Gasteiger partial charge in [0.25, 0.3) is 0 Å². The molecule has 1 N–H and O–H groups in total. The molecule has 0 fully saturated rings. The summed E-state index contributed by atoms with van der Waals surface area (Å²) in [4.78, 5) is 1.98. The van der Waals surface area contributed by atoms with Gasteiger partial charge in [0.15, 0.2) is 0 Å². The second-order valence-corrected chi connectivity index (χ2v) is 4.01. The highest BCUT2D eigenvalue weighted by molar-refractivity contribution is 8.00. The minimum absolute atomic E-state index is 0.0163. The molecule has 0 aromatic carbocycles. The van der Waals surface area contributed by atoms with E-state index in [0.29, 0.717) is 6.54 Å². The maximum absolute atomic E-state index is 11.6. The van der Waals surface area contributed by atoms with E-state index >= 15 is 0 Å². The average Bonchev–Trinajstić information content (AvgIpc) is 1.93. The normalized spacial score (nSPS) is 12.5. The zero-order chi connectivity index (χ0) is 10.3. The zero-order valence-corrected chi connectivity index (χ0v) is 8.63. The molecule has 0 aliphatic rings. The molecule has 0 aliphatic carbocycles. The molecule has 0 atom stereocenters. The van der Waals surface area contributed by atoms with Crippen LogP contribution in [0.3, 0.4) is 0 Å². The second-order valence-electron chi connectivity index (χ2n) is 2.85. The van der Waals surface area contributed by atoms with Crippen LogP contribution in [-0.2, 0) is 0 Å². The van der Waals surface area contributed by atoms with Gasteiger partial charge in [-0.05, 0) is 25.9 Å². The van der Waals surface area contributed by atoms with Crippen molar-refractivity contribution >= 4 is 11.8 Å². The van der Waals surface area contributed by atoms with Crippen LogP contribution in [0.25, 0.3) is 0 Å². The van der Waals surface area contributed by atoms with Gasteiger partial charge in [-0.1, -0.05) is 0 Å². The predicted octanol–water partition coefficient (Wildman–Crippen LogP) is 1.39. The van der Waals surface area contributed by atoms with E-state index in [4.69, 9.17) is 0 Å². The molecule has 80 valence electrons. The van der Waals surface area contributed by atoms with Crippen molar-refractivity contribution in [3.05, 3.63) is 0 Å². The number of thioether (sulfide) groups is 1. The molecule has 0 aliphatic heterocycles. The average molecular weight is 216 g/mol. The van der Waals surface area contributed by atoms with Gasteiger partial charge in [-0.15, -0.1) is 0 Å². The van der Waals surface area contributed by atoms with Gasteiger partial charge in [-0.2, -0.15) is 13.2 Å². The van der Waals surface area contributed by atoms with E-state index in [1.807, 2.05) is 19.0 Å². The molecule has 0 aromatic heterocycles. The Morgan fingerprint density at radius 1 is 1.23 bits per heavy atom. The third kappa shape index (κ3) is 12.1. The Morgan fingerprint density at radius 3 is 2.31 bits per heavy atom. The van der Waals surface area contributed by atoms with Crippen LogP contribution >= 0.6 is 11.8 Å². The molecule has 0 radical (unpaired) electrons. The number of likely N-dealkylation sites (N-methyl/N-ethyl adjacent to an activating group) is 1. The Bertz CT molecular complexity index is 127. The summed E-state index contributed by atoms with van der Waals surface area (Å²) in [7, 11) is 3.85. The van der Waals surface area contributed by atoms with Crippen molar-refractivity contribution in [1.82, 2.24) is 10.2 Å². The van der Waals surface area contributed by atoms with E-state index in [1.165, 1.54) is 0 Å². The molecule has 0 saturated heterocycles. The first-order valence-corrected chi connectivity index (χ1v) is 4.96. The number of halogens is 3. The fourth-order valence-corrected chi connectivity index (χ4v) is 1.14. The third-order valence-electron chi connectivity index (χ3n) is 1.28. The van der Waals surface area contributed by atoms with Gasteiger partial charge in [0.1, 0.15) is 0 Å². The van der Waals surface area contributed by atoms with Gasteiger partial charge in [0.2, 0.25) is 0 Å². The molecular weight excluding hydrogens is 201 g/mol. The summed E-state index contributed by atoms with van der Waals surface area (Å²) in [6.45, 7) is 1.97. The van der Waals surface area contributed by atoms with Crippen molar-refractivity contribution in [2.45, 2.75) is 5.51 Å². The third-order valence-corrected chi connectivity index (χ3v) is 2.02. The lowest BCUT2D eigenvalue weighted by Crippen LogP contribution is -2.28. The summed E-state index contributed by atoms with van der Waals surface area (Å²) >= 11 is 0.0163. The minimum Gasteiger partial charge on any atom is -0.315 e. The van der Waals surface area contributed by atoms with E-state index in [9.17, 15) is 13.2 Å². The highest BCUT2D eigenvalue weighted by Gasteiger charge is 2.27. The molecule has 0 bridgehead atoms. The summed E-state index contributed by atoms with van der Waals surface area (Å²) in [5, 5.41) is 2.93. The topological polar surface area (TPSA) is 15.3 Å². The van der Waals surface area contributed by atoms with Crippen LogP contribution in [0.1, 0.15) is 0 Å². The van der Waals surface area contributed by atoms with Crippen LogP contribution in [0.2, 0.25) is 0 Å². The van der Waals surface area contributed by atoms with E-state index in [0.717, 1.165) is 13.1 Å². The molecule has 0 saturated carbocycles. The highest BCUT2D eigenvalue weighted by Crippen LogP contribution is 2.29. The minimum atomic E-state index is -4.09. The van der Waals surface area contributed by atoms with Crippen LogP contribution < -0.4 is 5.32 Å². The van der Waals surface area contributed by atoms with Crippen molar-refractivity contribution < 1.29 is 13.2 Å². The van der Waals surface area contributed by atoms with Crippen LogP contribution in [-0.4, -0.2) is 49.9 Å². The SMILES string of the molecule is CN(C)CCNCCSC(F)(F)F. The highest BCUT2D eigenvalue weighted by atomic mass is 32.2. The summed E-state index contributed by atoms with van der Waals surface area (Å²) in [6.07, 6.45) is 0. The Morgan fingerprint density at radius 2 is 1.85 bits per heavy atom. The standard InChI is InChI=1S/C7H15F3N2S/c1-12(2)5-3-11-4-6-13-7(8,9)10/h11H,3-6H2,1-2H3. The van der Waals surface area contributed by atoms with Gasteiger partial charge in [0, 0.05) is 25.4 Å². The molecule has 6 heteroatoms. The molecular formula is C7H15F3N2S. The number of hydrogen-bond acceptors (Lipinski definition) is 3. The molecule has 0 spiro atoms. The maximum atomic E-state index is 11.6. The number of hydrogen-bond donors (Lipinski definition) is 1. The fourth-order valence-electron chi connectivity index (χ4n) is 0.667. The summed E-state index contributed by atoms with van der Waals surface area (Å²) in [5.41, 5.74) is -4.09. The Balaban J connectivity index is 3.09. The first-order chi connectivity index (χ1) is 5.92. The van der Waals surface area contributed by atoms with Crippen LogP contribution in [0.4, 0.5) is 13.2 Å². The molecule has 2 nitrogen and oxygen atoms in total. The largest absolute Gasteiger partial charge is 0.441 e. The molecule has 0 amide bonds. The van der Waals surface area contributed by atoms with Gasteiger partial charge in [-0.3, -0.25) is 0 Å². The lowest BCUT2D eigenvalue weighted by Gasteiger charge is -2.10. The maximum Gasteiger partial charge on any atom is 0.441 e. The molecule has 0 heterocycles. The first-order valence-electron chi connectivity index (χ1n) is 3.98. The van der Waals surface area contributed by atoms with Crippen molar-refractivity contribution in [3.63, 3.8) is 0 Å². The Hall–Kier alpha value is 0.0600. The second kappa shape index (κ2) is 6.50. The van der Waals surface area contributed by atoms with E-state index in [-0.39, 0.29) is 17.5 Å². The van der Waals surface area contributed by atoms with Crippen molar-refractivity contribution in [2.24, 2.45) is 0 Å². The first kappa shape index (κ1) is 13.1. The quantitative estimate of drug-likeness (QED) is 0.675. The number of nitrogens with zero attached hydrogens (tertiary/aromatic N) is 1. The molecule has 0 unspecified atom stereocenters. The summed E-state index contributed by atoms with van der Waals surface area (Å²) in [6, 6.07) is 0. The van der Waals surface area contributed by atoms with Crippen molar-refractivity contribution in [2.75, 3.05) is 39.5 Å². The number of nitrogens with one attached hydrogen (secondary N) is 1. The van der Waals surface area contributed by atoms with Gasteiger partial charge < -0.3 is 10.2 Å². The Labute approximate surface area is 80.9 Å². The van der Waals surface area contributed by atoms with E-state index < -0.39 is 5.51 Å². The lowest BCUT2D eigenvalue weighted by atomic mass is 10.5. The van der Waals surface area contributed by atoms with Gasteiger partial charge in [0.05, 0.1) is 0 Å². The summed E-state index contributed by atoms with van der Waals surface area (Å²) in [5.74, 6) is 0.0803. The monoisotopic (exact) mass is 216 g/mol. The fraction of sp³-hybridized carbons (Fsp3) is 1.00. The molecule has 13 heavy (non-hydrogen) atoms. The number of rotatable bonds is 6. The predicted molar refractivity (Wildman–Crippen MR) is 49.9 cm³/mol. The smallest absolute Gasteiger partial charge is 0.315 e.